The Morgan fingerprint density at radius 2 is 2.24 bits per heavy atom. The van der Waals surface area contributed by atoms with Crippen molar-refractivity contribution in [3.63, 3.8) is 0 Å². The average molecular weight is 232 g/mol. The minimum absolute atomic E-state index is 0.226. The van der Waals surface area contributed by atoms with E-state index in [4.69, 9.17) is 0 Å². The maximum Gasteiger partial charge on any atom is 0.124 e. The molecule has 1 saturated carbocycles. The largest absolute Gasteiger partial charge is 0.198 e. The Labute approximate surface area is 104 Å². The molecule has 0 aromatic heterocycles. The topological polar surface area (TPSA) is 36.1 Å². The van der Waals surface area contributed by atoms with E-state index in [9.17, 15) is 5.26 Å². The molecule has 4 atom stereocenters. The highest BCUT2D eigenvalue weighted by molar-refractivity contribution is 5.71. The Morgan fingerprint density at radius 1 is 1.47 bits per heavy atom. The summed E-state index contributed by atoms with van der Waals surface area (Å²) in [5, 5.41) is 13.9. The molecule has 0 spiro atoms. The fourth-order valence-corrected chi connectivity index (χ4v) is 3.33. The number of nitrogens with zero attached hydrogens (tertiary/aromatic N) is 3. The lowest BCUT2D eigenvalue weighted by Gasteiger charge is -2.39. The van der Waals surface area contributed by atoms with E-state index in [0.717, 1.165) is 13.0 Å². The van der Waals surface area contributed by atoms with Crippen LogP contribution in [0.15, 0.2) is 17.4 Å². The Balaban J connectivity index is 2.18. The van der Waals surface area contributed by atoms with E-state index in [1.807, 2.05) is 12.3 Å². The van der Waals surface area contributed by atoms with E-state index >= 15 is 0 Å². The summed E-state index contributed by atoms with van der Waals surface area (Å²) < 4.78 is 0.683. The zero-order valence-corrected chi connectivity index (χ0v) is 10.8. The van der Waals surface area contributed by atoms with Gasteiger partial charge in [0, 0.05) is 12.0 Å². The first-order valence-corrected chi connectivity index (χ1v) is 6.74. The molecule has 1 heterocycles. The van der Waals surface area contributed by atoms with E-state index in [1.54, 1.807) is 0 Å². The fourth-order valence-electron chi connectivity index (χ4n) is 3.33. The Bertz CT molecular complexity index is 352. The second-order valence-corrected chi connectivity index (χ2v) is 5.23. The van der Waals surface area contributed by atoms with E-state index in [2.05, 4.69) is 31.2 Å². The van der Waals surface area contributed by atoms with Crippen molar-refractivity contribution in [1.29, 1.82) is 5.26 Å². The van der Waals surface area contributed by atoms with Crippen molar-refractivity contribution >= 4 is 6.21 Å². The van der Waals surface area contributed by atoms with Gasteiger partial charge in [-0.25, -0.2) is 0 Å². The highest BCUT2D eigenvalue weighted by atomic mass is 15.6. The molecule has 1 aliphatic carbocycles. The molecule has 2 rings (SSSR count). The third-order valence-corrected chi connectivity index (χ3v) is 4.53. The van der Waals surface area contributed by atoms with Crippen LogP contribution < -0.4 is 0 Å². The van der Waals surface area contributed by atoms with Gasteiger partial charge in [-0.15, -0.1) is 0 Å². The number of rotatable bonds is 3. The van der Waals surface area contributed by atoms with Gasteiger partial charge in [-0.2, -0.15) is 9.85 Å². The van der Waals surface area contributed by atoms with Gasteiger partial charge < -0.3 is 0 Å². The Hall–Kier alpha value is -1.14. The zero-order valence-electron chi connectivity index (χ0n) is 10.8. The van der Waals surface area contributed by atoms with E-state index in [0.29, 0.717) is 16.6 Å². The number of quaternary nitrogens is 1. The maximum absolute atomic E-state index is 9.30. The summed E-state index contributed by atoms with van der Waals surface area (Å²) in [7, 11) is 0. The smallest absolute Gasteiger partial charge is 0.124 e. The number of allylic oxidation sites excluding steroid dienone is 1. The highest BCUT2D eigenvalue weighted by Gasteiger charge is 2.42. The normalized spacial score (nSPS) is 37.9. The van der Waals surface area contributed by atoms with Crippen molar-refractivity contribution in [3.8, 4) is 6.07 Å². The summed E-state index contributed by atoms with van der Waals surface area (Å²) in [4.78, 5) is 0. The molecule has 17 heavy (non-hydrogen) atoms. The minimum atomic E-state index is 0.226. The second-order valence-electron chi connectivity index (χ2n) is 5.23. The van der Waals surface area contributed by atoms with Gasteiger partial charge in [-0.3, -0.25) is 0 Å². The van der Waals surface area contributed by atoms with Gasteiger partial charge in [-0.05, 0) is 26.7 Å². The summed E-state index contributed by atoms with van der Waals surface area (Å²) >= 11 is 0. The maximum atomic E-state index is 9.30. The lowest BCUT2D eigenvalue weighted by Crippen LogP contribution is -2.50. The first kappa shape index (κ1) is 12.3. The molecule has 0 saturated heterocycles. The molecular weight excluding hydrogens is 210 g/mol. The van der Waals surface area contributed by atoms with Crippen LogP contribution in [0.4, 0.5) is 0 Å². The summed E-state index contributed by atoms with van der Waals surface area (Å²) in [6, 6.07) is 2.93. The van der Waals surface area contributed by atoms with Gasteiger partial charge in [0.1, 0.15) is 18.8 Å². The lowest BCUT2D eigenvalue weighted by atomic mass is 9.76. The minimum Gasteiger partial charge on any atom is -0.198 e. The van der Waals surface area contributed by atoms with Crippen LogP contribution in [0, 0.1) is 23.2 Å². The molecule has 0 amide bonds. The molecule has 0 radical (unpaired) electrons. The summed E-state index contributed by atoms with van der Waals surface area (Å²) in [6.45, 7) is 5.41. The quantitative estimate of drug-likeness (QED) is 0.689. The SMILES string of the molecule is CC[N@@+]1(C(C)C2CCCCC2C#N)C=CC=N1. The molecule has 1 fully saturated rings. The second kappa shape index (κ2) is 5.01. The van der Waals surface area contributed by atoms with E-state index in [1.165, 1.54) is 19.3 Å². The molecule has 3 nitrogen and oxygen atoms in total. The van der Waals surface area contributed by atoms with Crippen LogP contribution >= 0.6 is 0 Å². The molecule has 3 unspecified atom stereocenters. The molecule has 92 valence electrons. The average Bonchev–Trinajstić information content (AvgIpc) is 2.88. The van der Waals surface area contributed by atoms with E-state index in [-0.39, 0.29) is 5.92 Å². The fraction of sp³-hybridized carbons (Fsp3) is 0.714. The van der Waals surface area contributed by atoms with Gasteiger partial charge in [0.25, 0.3) is 0 Å². The first-order chi connectivity index (χ1) is 8.23. The van der Waals surface area contributed by atoms with Crippen LogP contribution in [0.25, 0.3) is 0 Å². The van der Waals surface area contributed by atoms with Gasteiger partial charge in [0.05, 0.1) is 18.2 Å². The third-order valence-electron chi connectivity index (χ3n) is 4.53. The summed E-state index contributed by atoms with van der Waals surface area (Å²) in [5.74, 6) is 0.720. The van der Waals surface area contributed by atoms with Crippen LogP contribution in [-0.4, -0.2) is 23.4 Å². The standard InChI is InChI=1S/C14H22N3/c1-3-17(10-6-9-16-17)12(2)14-8-5-4-7-13(14)11-15/h6,9-10,12-14H,3-5,7-8H2,1-2H3/q+1/t12?,13?,14?,17-/m0/s1. The number of hydrogen-bond acceptors (Lipinski definition) is 2. The van der Waals surface area contributed by atoms with Gasteiger partial charge in [-0.1, -0.05) is 17.9 Å². The van der Waals surface area contributed by atoms with Crippen LogP contribution in [-0.2, 0) is 0 Å². The predicted octanol–water partition coefficient (Wildman–Crippen LogP) is 3.05. The Kier molecular flexibility index (Phi) is 3.63. The monoisotopic (exact) mass is 232 g/mol. The Morgan fingerprint density at radius 3 is 2.82 bits per heavy atom. The molecule has 0 bridgehead atoms. The van der Waals surface area contributed by atoms with E-state index < -0.39 is 0 Å². The van der Waals surface area contributed by atoms with Crippen LogP contribution in [0.2, 0.25) is 0 Å². The molecule has 1 aliphatic heterocycles. The van der Waals surface area contributed by atoms with Crippen molar-refractivity contribution in [2.45, 2.75) is 45.6 Å². The summed E-state index contributed by atoms with van der Waals surface area (Å²) in [5.41, 5.74) is 0. The van der Waals surface area contributed by atoms with Crippen molar-refractivity contribution in [3.05, 3.63) is 12.3 Å². The van der Waals surface area contributed by atoms with Crippen molar-refractivity contribution in [2.75, 3.05) is 6.54 Å². The third kappa shape index (κ3) is 2.14. The molecule has 0 aromatic carbocycles. The molecule has 3 heteroatoms. The van der Waals surface area contributed by atoms with Gasteiger partial charge in [0.15, 0.2) is 0 Å². The van der Waals surface area contributed by atoms with Crippen molar-refractivity contribution in [1.82, 2.24) is 0 Å². The van der Waals surface area contributed by atoms with Crippen molar-refractivity contribution in [2.24, 2.45) is 16.9 Å². The highest BCUT2D eigenvalue weighted by Crippen LogP contribution is 2.37. The lowest BCUT2D eigenvalue weighted by molar-refractivity contribution is -0.909. The zero-order chi connectivity index (χ0) is 12.3. The number of hydrogen-bond donors (Lipinski definition) is 0. The number of nitriles is 1. The van der Waals surface area contributed by atoms with Crippen LogP contribution in [0.5, 0.6) is 0 Å². The summed E-state index contributed by atoms with van der Waals surface area (Å²) in [6.07, 6.45) is 10.8. The van der Waals surface area contributed by atoms with Gasteiger partial charge >= 0.3 is 0 Å². The molecule has 0 aromatic rings. The predicted molar refractivity (Wildman–Crippen MR) is 69.0 cm³/mol. The van der Waals surface area contributed by atoms with Crippen LogP contribution in [0.1, 0.15) is 39.5 Å². The first-order valence-electron chi connectivity index (χ1n) is 6.74. The molecule has 2 aliphatic rings. The molecule has 0 N–H and O–H groups in total. The molecular formula is C14H22N3+. The van der Waals surface area contributed by atoms with Crippen LogP contribution in [0.3, 0.4) is 0 Å². The van der Waals surface area contributed by atoms with Gasteiger partial charge in [0.2, 0.25) is 0 Å². The van der Waals surface area contributed by atoms with Crippen molar-refractivity contribution < 1.29 is 4.59 Å².